The Morgan fingerprint density at radius 1 is 1.43 bits per heavy atom. The van der Waals surface area contributed by atoms with Gasteiger partial charge in [0.2, 0.25) is 0 Å². The lowest BCUT2D eigenvalue weighted by molar-refractivity contribution is 0.251. The van der Waals surface area contributed by atoms with E-state index in [9.17, 15) is 4.79 Å². The van der Waals surface area contributed by atoms with Crippen molar-refractivity contribution in [1.29, 1.82) is 0 Å². The number of carbonyl (C=O) groups excluding carboxylic acids is 1. The largest absolute Gasteiger partial charge is 0.397 e. The number of aromatic nitrogens is 1. The van der Waals surface area contributed by atoms with E-state index in [1.165, 1.54) is 4.57 Å². The van der Waals surface area contributed by atoms with Crippen molar-refractivity contribution in [2.75, 3.05) is 5.73 Å². The zero-order valence-corrected chi connectivity index (χ0v) is 7.82. The monoisotopic (exact) mass is 189 g/mol. The third kappa shape index (κ3) is 1.12. The molecule has 1 amide bonds. The third-order valence-corrected chi connectivity index (χ3v) is 2.23. The van der Waals surface area contributed by atoms with Crippen molar-refractivity contribution < 1.29 is 4.79 Å². The number of fused-ring (bicyclic) bond motifs is 1. The summed E-state index contributed by atoms with van der Waals surface area (Å²) in [5, 5.41) is 0.856. The Morgan fingerprint density at radius 2 is 2.14 bits per heavy atom. The molecule has 1 aromatic carbocycles. The smallest absolute Gasteiger partial charge is 0.323 e. The number of carbonyl (C=O) groups is 1. The van der Waals surface area contributed by atoms with Crippen LogP contribution in [0.3, 0.4) is 0 Å². The van der Waals surface area contributed by atoms with Crippen molar-refractivity contribution in [3.05, 3.63) is 30.0 Å². The maximum atomic E-state index is 11.1. The zero-order chi connectivity index (χ0) is 10.3. The van der Waals surface area contributed by atoms with Gasteiger partial charge in [-0.1, -0.05) is 12.1 Å². The van der Waals surface area contributed by atoms with Gasteiger partial charge in [0.15, 0.2) is 0 Å². The van der Waals surface area contributed by atoms with E-state index in [1.807, 2.05) is 25.1 Å². The standard InChI is InChI=1S/C10H11N3O/c1-6-2-3-7-8(11)5-13(10(12)14)9(7)4-6/h2-5H,11H2,1H3,(H2,12,14). The molecule has 4 heteroatoms. The molecule has 72 valence electrons. The van der Waals surface area contributed by atoms with Crippen LogP contribution in [-0.2, 0) is 0 Å². The molecular weight excluding hydrogens is 178 g/mol. The van der Waals surface area contributed by atoms with E-state index in [0.717, 1.165) is 16.5 Å². The summed E-state index contributed by atoms with van der Waals surface area (Å²) in [6.45, 7) is 1.95. The molecule has 0 unspecified atom stereocenters. The molecule has 1 heterocycles. The molecule has 1 aromatic heterocycles. The average Bonchev–Trinajstić information content (AvgIpc) is 2.43. The first-order valence-corrected chi connectivity index (χ1v) is 4.26. The fourth-order valence-electron chi connectivity index (χ4n) is 1.55. The van der Waals surface area contributed by atoms with Gasteiger partial charge in [-0.2, -0.15) is 0 Å². The van der Waals surface area contributed by atoms with Crippen LogP contribution in [0.1, 0.15) is 5.56 Å². The van der Waals surface area contributed by atoms with Crippen LogP contribution in [0.15, 0.2) is 24.4 Å². The highest BCUT2D eigenvalue weighted by molar-refractivity contribution is 5.98. The molecule has 0 atom stereocenters. The summed E-state index contributed by atoms with van der Waals surface area (Å²) in [5.74, 6) is 0. The highest BCUT2D eigenvalue weighted by Gasteiger charge is 2.08. The van der Waals surface area contributed by atoms with Crippen molar-refractivity contribution in [3.8, 4) is 0 Å². The van der Waals surface area contributed by atoms with Gasteiger partial charge < -0.3 is 11.5 Å². The third-order valence-electron chi connectivity index (χ3n) is 2.23. The van der Waals surface area contributed by atoms with Crippen LogP contribution >= 0.6 is 0 Å². The van der Waals surface area contributed by atoms with E-state index in [2.05, 4.69) is 0 Å². The van der Waals surface area contributed by atoms with Crippen molar-refractivity contribution in [3.63, 3.8) is 0 Å². The normalized spacial score (nSPS) is 10.6. The first-order valence-electron chi connectivity index (χ1n) is 4.26. The summed E-state index contributed by atoms with van der Waals surface area (Å²) in [6.07, 6.45) is 1.55. The van der Waals surface area contributed by atoms with E-state index < -0.39 is 6.03 Å². The molecule has 0 radical (unpaired) electrons. The Hall–Kier alpha value is -1.97. The lowest BCUT2D eigenvalue weighted by atomic mass is 10.2. The number of benzene rings is 1. The fourth-order valence-corrected chi connectivity index (χ4v) is 1.55. The van der Waals surface area contributed by atoms with Gasteiger partial charge in [-0.3, -0.25) is 4.57 Å². The Kier molecular flexibility index (Phi) is 1.70. The molecule has 0 saturated heterocycles. The SMILES string of the molecule is Cc1ccc2c(N)cn(C(N)=O)c2c1. The first kappa shape index (κ1) is 8.62. The van der Waals surface area contributed by atoms with E-state index in [4.69, 9.17) is 11.5 Å². The van der Waals surface area contributed by atoms with E-state index in [0.29, 0.717) is 5.69 Å². The zero-order valence-electron chi connectivity index (χ0n) is 7.82. The molecule has 2 rings (SSSR count). The maximum absolute atomic E-state index is 11.1. The maximum Gasteiger partial charge on any atom is 0.323 e. The lowest BCUT2D eigenvalue weighted by Gasteiger charge is -1.99. The second-order valence-electron chi connectivity index (χ2n) is 3.31. The summed E-state index contributed by atoms with van der Waals surface area (Å²) in [5.41, 5.74) is 13.3. The van der Waals surface area contributed by atoms with E-state index in [1.54, 1.807) is 6.20 Å². The number of aryl methyl sites for hydroxylation is 1. The number of hydrogen-bond donors (Lipinski definition) is 2. The molecule has 4 N–H and O–H groups in total. The molecule has 0 bridgehead atoms. The molecule has 2 aromatic rings. The molecule has 0 saturated carbocycles. The molecule has 0 spiro atoms. The number of amides is 1. The molecule has 0 aliphatic carbocycles. The highest BCUT2D eigenvalue weighted by Crippen LogP contribution is 2.23. The van der Waals surface area contributed by atoms with Gasteiger partial charge in [0.05, 0.1) is 11.2 Å². The fraction of sp³-hybridized carbons (Fsp3) is 0.100. The quantitative estimate of drug-likeness (QED) is 0.658. The highest BCUT2D eigenvalue weighted by atomic mass is 16.2. The topological polar surface area (TPSA) is 74.0 Å². The van der Waals surface area contributed by atoms with Gasteiger partial charge >= 0.3 is 6.03 Å². The minimum Gasteiger partial charge on any atom is -0.397 e. The molecule has 0 aliphatic heterocycles. The van der Waals surface area contributed by atoms with E-state index >= 15 is 0 Å². The Labute approximate surface area is 81.1 Å². The summed E-state index contributed by atoms with van der Waals surface area (Å²) in [4.78, 5) is 11.1. The number of hydrogen-bond acceptors (Lipinski definition) is 2. The number of nitrogen functional groups attached to an aromatic ring is 1. The van der Waals surface area contributed by atoms with Gasteiger partial charge in [-0.25, -0.2) is 4.79 Å². The Balaban J connectivity index is 2.85. The minimum absolute atomic E-state index is 0.516. The van der Waals surface area contributed by atoms with E-state index in [-0.39, 0.29) is 0 Å². The number of nitrogens with zero attached hydrogens (tertiary/aromatic N) is 1. The molecular formula is C10H11N3O. The number of nitrogens with two attached hydrogens (primary N) is 2. The molecule has 0 aliphatic rings. The Morgan fingerprint density at radius 3 is 2.79 bits per heavy atom. The van der Waals surface area contributed by atoms with Gasteiger partial charge in [0, 0.05) is 11.6 Å². The summed E-state index contributed by atoms with van der Waals surface area (Å²) >= 11 is 0. The lowest BCUT2D eigenvalue weighted by Crippen LogP contribution is -2.18. The van der Waals surface area contributed by atoms with Gasteiger partial charge in [-0.05, 0) is 18.6 Å². The van der Waals surface area contributed by atoms with Gasteiger partial charge in [0.25, 0.3) is 0 Å². The van der Waals surface area contributed by atoms with Crippen LogP contribution in [0.5, 0.6) is 0 Å². The van der Waals surface area contributed by atoms with Crippen LogP contribution in [0, 0.1) is 6.92 Å². The molecule has 0 fully saturated rings. The first-order chi connectivity index (χ1) is 6.59. The van der Waals surface area contributed by atoms with Crippen LogP contribution in [-0.4, -0.2) is 10.6 Å². The van der Waals surface area contributed by atoms with Crippen molar-refractivity contribution in [1.82, 2.24) is 4.57 Å². The predicted molar refractivity (Wildman–Crippen MR) is 56.1 cm³/mol. The summed E-state index contributed by atoms with van der Waals surface area (Å²) in [6, 6.07) is 5.21. The second kappa shape index (κ2) is 2.77. The number of anilines is 1. The van der Waals surface area contributed by atoms with Crippen LogP contribution in [0.4, 0.5) is 10.5 Å². The predicted octanol–water partition coefficient (Wildman–Crippen LogP) is 1.46. The van der Waals surface area contributed by atoms with Crippen molar-refractivity contribution in [2.24, 2.45) is 5.73 Å². The van der Waals surface area contributed by atoms with Crippen LogP contribution in [0.25, 0.3) is 10.9 Å². The van der Waals surface area contributed by atoms with Gasteiger partial charge in [-0.15, -0.1) is 0 Å². The van der Waals surface area contributed by atoms with Crippen molar-refractivity contribution in [2.45, 2.75) is 6.92 Å². The number of rotatable bonds is 0. The van der Waals surface area contributed by atoms with Gasteiger partial charge in [0.1, 0.15) is 0 Å². The summed E-state index contributed by atoms with van der Waals surface area (Å²) in [7, 11) is 0. The van der Waals surface area contributed by atoms with Crippen LogP contribution in [0.2, 0.25) is 0 Å². The number of primary amides is 1. The molecule has 4 nitrogen and oxygen atoms in total. The average molecular weight is 189 g/mol. The second-order valence-corrected chi connectivity index (χ2v) is 3.31. The Bertz CT molecular complexity index is 513. The summed E-state index contributed by atoms with van der Waals surface area (Å²) < 4.78 is 1.36. The molecule has 14 heavy (non-hydrogen) atoms. The van der Waals surface area contributed by atoms with Crippen molar-refractivity contribution >= 4 is 22.6 Å². The minimum atomic E-state index is -0.516. The van der Waals surface area contributed by atoms with Crippen LogP contribution < -0.4 is 11.5 Å².